The van der Waals surface area contributed by atoms with E-state index in [0.717, 1.165) is 4.90 Å². The van der Waals surface area contributed by atoms with Gasteiger partial charge < -0.3 is 14.8 Å². The zero-order valence-corrected chi connectivity index (χ0v) is 18.7. The summed E-state index contributed by atoms with van der Waals surface area (Å²) in [4.78, 5) is 50.7. The molecule has 9 heteroatoms. The molecule has 1 heterocycles. The highest BCUT2D eigenvalue weighted by Crippen LogP contribution is 2.23. The zero-order chi connectivity index (χ0) is 24.8. The van der Waals surface area contributed by atoms with Crippen LogP contribution in [0.25, 0.3) is 6.08 Å². The number of carbonyl (C=O) groups is 4. The van der Waals surface area contributed by atoms with Crippen molar-refractivity contribution in [2.45, 2.75) is 0 Å². The fraction of sp³-hybridized carbons (Fsp3) is 0.0769. The summed E-state index contributed by atoms with van der Waals surface area (Å²) in [6.45, 7) is -0.248. The lowest BCUT2D eigenvalue weighted by Crippen LogP contribution is -2.54. The second-order valence-corrected chi connectivity index (χ2v) is 7.43. The van der Waals surface area contributed by atoms with Crippen molar-refractivity contribution >= 4 is 41.2 Å². The topological polar surface area (TPSA) is 114 Å². The molecule has 3 aromatic rings. The number of anilines is 2. The van der Waals surface area contributed by atoms with E-state index in [2.05, 4.69) is 10.6 Å². The first-order chi connectivity index (χ1) is 16.9. The first-order valence-electron chi connectivity index (χ1n) is 10.6. The molecule has 4 rings (SSSR count). The number of benzene rings is 3. The number of urea groups is 1. The van der Waals surface area contributed by atoms with Crippen LogP contribution in [0.2, 0.25) is 0 Å². The Kier molecular flexibility index (Phi) is 6.87. The summed E-state index contributed by atoms with van der Waals surface area (Å²) >= 11 is 0. The van der Waals surface area contributed by atoms with Gasteiger partial charge >= 0.3 is 6.03 Å². The smallest absolute Gasteiger partial charge is 0.335 e. The summed E-state index contributed by atoms with van der Waals surface area (Å²) in [5.41, 5.74) is 1.22. The average molecular weight is 471 g/mol. The summed E-state index contributed by atoms with van der Waals surface area (Å²) in [6, 6.07) is 20.9. The second kappa shape index (κ2) is 10.3. The van der Waals surface area contributed by atoms with Crippen molar-refractivity contribution in [1.29, 1.82) is 0 Å². The van der Waals surface area contributed by atoms with Crippen molar-refractivity contribution in [1.82, 2.24) is 5.32 Å². The molecule has 1 aliphatic rings. The lowest BCUT2D eigenvalue weighted by Gasteiger charge is -2.26. The molecule has 176 valence electrons. The predicted octanol–water partition coefficient (Wildman–Crippen LogP) is 3.38. The van der Waals surface area contributed by atoms with Crippen molar-refractivity contribution < 1.29 is 28.7 Å². The van der Waals surface area contributed by atoms with Gasteiger partial charge in [-0.1, -0.05) is 30.3 Å². The molecule has 1 saturated heterocycles. The number of imide groups is 2. The van der Waals surface area contributed by atoms with E-state index in [0.29, 0.717) is 28.4 Å². The van der Waals surface area contributed by atoms with Gasteiger partial charge in [0.15, 0.2) is 6.61 Å². The van der Waals surface area contributed by atoms with Gasteiger partial charge in [0, 0.05) is 5.69 Å². The Morgan fingerprint density at radius 1 is 0.943 bits per heavy atom. The highest BCUT2D eigenvalue weighted by Gasteiger charge is 2.36. The number of rotatable bonds is 7. The van der Waals surface area contributed by atoms with Crippen LogP contribution in [0.4, 0.5) is 16.2 Å². The number of amides is 5. The van der Waals surface area contributed by atoms with Gasteiger partial charge in [-0.3, -0.25) is 19.7 Å². The summed E-state index contributed by atoms with van der Waals surface area (Å²) in [7, 11) is 1.56. The first kappa shape index (κ1) is 23.2. The molecule has 5 amide bonds. The number of hydrogen-bond acceptors (Lipinski definition) is 6. The molecule has 0 bridgehead atoms. The molecule has 35 heavy (non-hydrogen) atoms. The number of carbonyl (C=O) groups excluding carboxylic acids is 4. The van der Waals surface area contributed by atoms with Crippen LogP contribution in [-0.2, 0) is 14.4 Å². The molecular weight excluding hydrogens is 450 g/mol. The molecule has 0 saturated carbocycles. The lowest BCUT2D eigenvalue weighted by molar-refractivity contribution is -0.122. The van der Waals surface area contributed by atoms with Crippen LogP contribution in [0.5, 0.6) is 11.5 Å². The van der Waals surface area contributed by atoms with Gasteiger partial charge in [-0.25, -0.2) is 9.69 Å². The summed E-state index contributed by atoms with van der Waals surface area (Å²) < 4.78 is 10.6. The minimum atomic E-state index is -0.816. The normalized spacial score (nSPS) is 14.5. The van der Waals surface area contributed by atoms with Crippen LogP contribution in [0.3, 0.4) is 0 Å². The van der Waals surface area contributed by atoms with Crippen molar-refractivity contribution in [2.75, 3.05) is 23.9 Å². The number of ether oxygens (including phenoxy) is 2. The van der Waals surface area contributed by atoms with Gasteiger partial charge in [0.1, 0.15) is 17.1 Å². The van der Waals surface area contributed by atoms with E-state index in [1.54, 1.807) is 86.0 Å². The largest absolute Gasteiger partial charge is 0.497 e. The minimum Gasteiger partial charge on any atom is -0.497 e. The maximum Gasteiger partial charge on any atom is 0.335 e. The van der Waals surface area contributed by atoms with E-state index in [9.17, 15) is 19.2 Å². The van der Waals surface area contributed by atoms with Crippen LogP contribution in [-0.4, -0.2) is 37.5 Å². The average Bonchev–Trinajstić information content (AvgIpc) is 2.86. The lowest BCUT2D eigenvalue weighted by atomic mass is 10.1. The van der Waals surface area contributed by atoms with Gasteiger partial charge in [-0.05, 0) is 60.2 Å². The van der Waals surface area contributed by atoms with Gasteiger partial charge in [0.05, 0.1) is 12.8 Å². The van der Waals surface area contributed by atoms with Crippen molar-refractivity contribution in [3.05, 3.63) is 90.0 Å². The van der Waals surface area contributed by atoms with Crippen molar-refractivity contribution in [3.8, 4) is 11.5 Å². The standard InChI is InChI=1S/C26H21N3O6/c1-34-20-12-10-18(11-13-20)27-23(30)16-35-21-9-5-6-17(14-21)15-22-24(31)28-26(33)29(25(22)32)19-7-3-2-4-8-19/h2-15H,16H2,1H3,(H,27,30)(H,28,31,33)/b22-15-. The Labute approximate surface area is 201 Å². The fourth-order valence-electron chi connectivity index (χ4n) is 3.35. The molecule has 0 atom stereocenters. The molecule has 0 radical (unpaired) electrons. The van der Waals surface area contributed by atoms with Crippen molar-refractivity contribution in [3.63, 3.8) is 0 Å². The predicted molar refractivity (Wildman–Crippen MR) is 129 cm³/mol. The number of hydrogen-bond donors (Lipinski definition) is 2. The third-order valence-electron chi connectivity index (χ3n) is 5.03. The highest BCUT2D eigenvalue weighted by molar-refractivity contribution is 6.39. The molecule has 1 fully saturated rings. The Morgan fingerprint density at radius 3 is 2.40 bits per heavy atom. The molecular formula is C26H21N3O6. The van der Waals surface area contributed by atoms with Crippen molar-refractivity contribution in [2.24, 2.45) is 0 Å². The molecule has 2 N–H and O–H groups in total. The third-order valence-corrected chi connectivity index (χ3v) is 5.03. The van der Waals surface area contributed by atoms with E-state index in [1.165, 1.54) is 6.08 Å². The van der Waals surface area contributed by atoms with Gasteiger partial charge in [0.2, 0.25) is 0 Å². The van der Waals surface area contributed by atoms with E-state index in [-0.39, 0.29) is 18.1 Å². The molecule has 3 aromatic carbocycles. The molecule has 0 spiro atoms. The number of nitrogens with zero attached hydrogens (tertiary/aromatic N) is 1. The van der Waals surface area contributed by atoms with Gasteiger partial charge in [-0.15, -0.1) is 0 Å². The fourth-order valence-corrected chi connectivity index (χ4v) is 3.35. The SMILES string of the molecule is COc1ccc(NC(=O)COc2cccc(/C=C3/C(=O)NC(=O)N(c4ccccc4)C3=O)c2)cc1. The van der Waals surface area contributed by atoms with E-state index >= 15 is 0 Å². The molecule has 1 aliphatic heterocycles. The van der Waals surface area contributed by atoms with Crippen LogP contribution < -0.4 is 25.0 Å². The van der Waals surface area contributed by atoms with Crippen LogP contribution >= 0.6 is 0 Å². The van der Waals surface area contributed by atoms with E-state index in [1.807, 2.05) is 0 Å². The Morgan fingerprint density at radius 2 is 1.69 bits per heavy atom. The molecule has 0 aliphatic carbocycles. The molecule has 9 nitrogen and oxygen atoms in total. The highest BCUT2D eigenvalue weighted by atomic mass is 16.5. The van der Waals surface area contributed by atoms with Crippen LogP contribution in [0, 0.1) is 0 Å². The van der Waals surface area contributed by atoms with Gasteiger partial charge in [-0.2, -0.15) is 0 Å². The maximum absolute atomic E-state index is 12.9. The van der Waals surface area contributed by atoms with Crippen LogP contribution in [0.15, 0.2) is 84.4 Å². The summed E-state index contributed by atoms with van der Waals surface area (Å²) in [5, 5.41) is 4.89. The zero-order valence-electron chi connectivity index (χ0n) is 18.7. The number of nitrogens with one attached hydrogen (secondary N) is 2. The second-order valence-electron chi connectivity index (χ2n) is 7.43. The molecule has 0 aromatic heterocycles. The number of methoxy groups -OCH3 is 1. The monoisotopic (exact) mass is 471 g/mol. The van der Waals surface area contributed by atoms with Gasteiger partial charge in [0.25, 0.3) is 17.7 Å². The molecule has 0 unspecified atom stereocenters. The Bertz CT molecular complexity index is 1300. The summed E-state index contributed by atoms with van der Waals surface area (Å²) in [5.74, 6) is -0.860. The number of para-hydroxylation sites is 1. The Balaban J connectivity index is 1.45. The maximum atomic E-state index is 12.9. The van der Waals surface area contributed by atoms with E-state index < -0.39 is 17.8 Å². The summed E-state index contributed by atoms with van der Waals surface area (Å²) in [6.07, 6.45) is 1.37. The minimum absolute atomic E-state index is 0.206. The third kappa shape index (κ3) is 5.53. The van der Waals surface area contributed by atoms with Crippen LogP contribution in [0.1, 0.15) is 5.56 Å². The number of barbiturate groups is 1. The first-order valence-corrected chi connectivity index (χ1v) is 10.6. The Hall–Kier alpha value is -4.92. The van der Waals surface area contributed by atoms with E-state index in [4.69, 9.17) is 9.47 Å². The quantitative estimate of drug-likeness (QED) is 0.403.